The fourth-order valence-corrected chi connectivity index (χ4v) is 1.50. The number of aliphatic carboxylic acids is 1. The molecule has 0 unspecified atom stereocenters. The first kappa shape index (κ1) is 20.3. The molecule has 0 saturated heterocycles. The Balaban J connectivity index is 4.43. The van der Waals surface area contributed by atoms with Gasteiger partial charge >= 0.3 is 17.9 Å². The van der Waals surface area contributed by atoms with Crippen LogP contribution in [0.15, 0.2) is 4.99 Å². The van der Waals surface area contributed by atoms with Gasteiger partial charge < -0.3 is 32.4 Å². The minimum atomic E-state index is -1.54. The molecule has 8 N–H and O–H groups in total. The standard InChI is InChI=1S/C12H21N5O6/c1-6(18)23-9(19)5-8(11(21)22)17-10(20)7(13)3-2-4-16-12(14)15/h7-8H,2-5,13H2,1H3,(H,17,20)(H,21,22)(H4,14,15,16)/t7-,8+/m1/s1. The second-order valence-corrected chi connectivity index (χ2v) is 4.62. The lowest BCUT2D eigenvalue weighted by Crippen LogP contribution is -2.49. The van der Waals surface area contributed by atoms with Gasteiger partial charge in [0.2, 0.25) is 5.91 Å². The SMILES string of the molecule is CC(=O)OC(=O)C[C@H](NC(=O)[C@H](N)CCCN=C(N)N)C(=O)O. The molecule has 0 heterocycles. The number of nitrogens with two attached hydrogens (primary N) is 3. The van der Waals surface area contributed by atoms with Crippen LogP contribution in [-0.2, 0) is 23.9 Å². The zero-order valence-corrected chi connectivity index (χ0v) is 12.7. The van der Waals surface area contributed by atoms with Crippen molar-refractivity contribution in [3.05, 3.63) is 0 Å². The van der Waals surface area contributed by atoms with Crippen LogP contribution in [0.25, 0.3) is 0 Å². The first-order chi connectivity index (χ1) is 10.6. The highest BCUT2D eigenvalue weighted by atomic mass is 16.6. The van der Waals surface area contributed by atoms with Crippen LogP contribution in [0.3, 0.4) is 0 Å². The fraction of sp³-hybridized carbons (Fsp3) is 0.583. The summed E-state index contributed by atoms with van der Waals surface area (Å²) in [5.74, 6) is -4.23. The predicted octanol–water partition coefficient (Wildman–Crippen LogP) is -2.58. The van der Waals surface area contributed by atoms with Crippen LogP contribution < -0.4 is 22.5 Å². The normalized spacial score (nSPS) is 12.6. The molecule has 0 aliphatic carbocycles. The number of aliphatic imine (C=N–C) groups is 1. The minimum Gasteiger partial charge on any atom is -0.480 e. The molecule has 0 rings (SSSR count). The van der Waals surface area contributed by atoms with E-state index in [1.807, 2.05) is 0 Å². The number of carbonyl (C=O) groups excluding carboxylic acids is 3. The summed E-state index contributed by atoms with van der Waals surface area (Å²) in [5, 5.41) is 11.1. The number of carbonyl (C=O) groups is 4. The van der Waals surface area contributed by atoms with Gasteiger partial charge in [0.15, 0.2) is 5.96 Å². The van der Waals surface area contributed by atoms with Gasteiger partial charge in [-0.2, -0.15) is 0 Å². The Labute approximate surface area is 132 Å². The number of rotatable bonds is 9. The van der Waals surface area contributed by atoms with E-state index in [1.165, 1.54) is 0 Å². The summed E-state index contributed by atoms with van der Waals surface area (Å²) >= 11 is 0. The molecule has 0 aromatic heterocycles. The van der Waals surface area contributed by atoms with Gasteiger partial charge in [0.05, 0.1) is 12.5 Å². The number of esters is 2. The van der Waals surface area contributed by atoms with Crippen LogP contribution in [0.1, 0.15) is 26.2 Å². The monoisotopic (exact) mass is 331 g/mol. The van der Waals surface area contributed by atoms with Crippen molar-refractivity contribution in [2.45, 2.75) is 38.3 Å². The third-order valence-electron chi connectivity index (χ3n) is 2.55. The van der Waals surface area contributed by atoms with Crippen LogP contribution >= 0.6 is 0 Å². The van der Waals surface area contributed by atoms with Crippen molar-refractivity contribution >= 4 is 29.8 Å². The van der Waals surface area contributed by atoms with E-state index in [9.17, 15) is 19.2 Å². The van der Waals surface area contributed by atoms with E-state index in [0.717, 1.165) is 6.92 Å². The Hall–Kier alpha value is -2.69. The third kappa shape index (κ3) is 9.79. The van der Waals surface area contributed by atoms with E-state index < -0.39 is 42.3 Å². The Morgan fingerprint density at radius 2 is 1.87 bits per heavy atom. The maximum Gasteiger partial charge on any atom is 0.326 e. The van der Waals surface area contributed by atoms with E-state index >= 15 is 0 Å². The molecule has 130 valence electrons. The smallest absolute Gasteiger partial charge is 0.326 e. The molecule has 0 fully saturated rings. The molecule has 11 nitrogen and oxygen atoms in total. The van der Waals surface area contributed by atoms with Crippen LogP contribution in [0.2, 0.25) is 0 Å². The Morgan fingerprint density at radius 3 is 2.35 bits per heavy atom. The number of hydrogen-bond donors (Lipinski definition) is 5. The summed E-state index contributed by atoms with van der Waals surface area (Å²) in [5.41, 5.74) is 15.9. The number of carboxylic acid groups (broad SMARTS) is 1. The average molecular weight is 331 g/mol. The molecule has 1 amide bonds. The van der Waals surface area contributed by atoms with Crippen LogP contribution in [0, 0.1) is 0 Å². The topological polar surface area (TPSA) is 200 Å². The maximum absolute atomic E-state index is 11.8. The molecular formula is C12H21N5O6. The highest BCUT2D eigenvalue weighted by Gasteiger charge is 2.26. The van der Waals surface area contributed by atoms with Gasteiger partial charge in [-0.15, -0.1) is 0 Å². The molecule has 11 heteroatoms. The number of ether oxygens (including phenoxy) is 1. The lowest BCUT2D eigenvalue weighted by Gasteiger charge is -2.16. The molecule has 0 bridgehead atoms. The van der Waals surface area contributed by atoms with E-state index in [2.05, 4.69) is 15.0 Å². The molecule has 0 radical (unpaired) electrons. The maximum atomic E-state index is 11.8. The second-order valence-electron chi connectivity index (χ2n) is 4.62. The van der Waals surface area contributed by atoms with Crippen LogP contribution in [0.4, 0.5) is 0 Å². The lowest BCUT2D eigenvalue weighted by atomic mass is 10.1. The summed E-state index contributed by atoms with van der Waals surface area (Å²) in [6.07, 6.45) is -0.0647. The zero-order chi connectivity index (χ0) is 18.0. The number of guanidine groups is 1. The summed E-state index contributed by atoms with van der Waals surface area (Å²) in [6, 6.07) is -2.53. The van der Waals surface area contributed by atoms with Crippen molar-refractivity contribution in [2.24, 2.45) is 22.2 Å². The summed E-state index contributed by atoms with van der Waals surface area (Å²) in [6.45, 7) is 1.27. The van der Waals surface area contributed by atoms with Gasteiger partial charge in [0, 0.05) is 13.5 Å². The summed E-state index contributed by atoms with van der Waals surface area (Å²) in [4.78, 5) is 48.4. The minimum absolute atomic E-state index is 0.0852. The van der Waals surface area contributed by atoms with E-state index in [1.54, 1.807) is 0 Å². The van der Waals surface area contributed by atoms with Crippen molar-refractivity contribution < 1.29 is 29.0 Å². The number of nitrogens with one attached hydrogen (secondary N) is 1. The molecular weight excluding hydrogens is 310 g/mol. The van der Waals surface area contributed by atoms with Gasteiger partial charge in [0.25, 0.3) is 0 Å². The zero-order valence-electron chi connectivity index (χ0n) is 12.7. The van der Waals surface area contributed by atoms with E-state index in [4.69, 9.17) is 22.3 Å². The Bertz CT molecular complexity index is 488. The van der Waals surface area contributed by atoms with E-state index in [-0.39, 0.29) is 18.9 Å². The molecule has 23 heavy (non-hydrogen) atoms. The number of nitrogens with zero attached hydrogens (tertiary/aromatic N) is 1. The van der Waals surface area contributed by atoms with Crippen molar-refractivity contribution in [2.75, 3.05) is 6.54 Å². The van der Waals surface area contributed by atoms with Gasteiger partial charge in [-0.25, -0.2) is 4.79 Å². The van der Waals surface area contributed by atoms with Crippen LogP contribution in [0.5, 0.6) is 0 Å². The van der Waals surface area contributed by atoms with E-state index in [0.29, 0.717) is 6.42 Å². The second kappa shape index (κ2) is 10.1. The highest BCUT2D eigenvalue weighted by molar-refractivity contribution is 5.91. The first-order valence-electron chi connectivity index (χ1n) is 6.68. The third-order valence-corrected chi connectivity index (χ3v) is 2.55. The van der Waals surface area contributed by atoms with Crippen molar-refractivity contribution in [3.63, 3.8) is 0 Å². The molecule has 2 atom stereocenters. The van der Waals surface area contributed by atoms with Gasteiger partial charge in [-0.1, -0.05) is 0 Å². The fourth-order valence-electron chi connectivity index (χ4n) is 1.50. The predicted molar refractivity (Wildman–Crippen MR) is 78.8 cm³/mol. The average Bonchev–Trinajstić information content (AvgIpc) is 2.41. The summed E-state index contributed by atoms with van der Waals surface area (Å²) in [7, 11) is 0. The molecule has 0 aliphatic rings. The largest absolute Gasteiger partial charge is 0.480 e. The quantitative estimate of drug-likeness (QED) is 0.0988. The first-order valence-corrected chi connectivity index (χ1v) is 6.68. The summed E-state index contributed by atoms with van der Waals surface area (Å²) < 4.78 is 4.21. The number of hydrogen-bond acceptors (Lipinski definition) is 7. The van der Waals surface area contributed by atoms with Gasteiger partial charge in [-0.3, -0.25) is 19.4 Å². The van der Waals surface area contributed by atoms with Gasteiger partial charge in [0.1, 0.15) is 6.04 Å². The molecule has 0 saturated carbocycles. The van der Waals surface area contributed by atoms with Crippen LogP contribution in [-0.4, -0.2) is 53.5 Å². The van der Waals surface area contributed by atoms with Gasteiger partial charge in [-0.05, 0) is 12.8 Å². The van der Waals surface area contributed by atoms with Crippen molar-refractivity contribution in [1.29, 1.82) is 0 Å². The van der Waals surface area contributed by atoms with Crippen molar-refractivity contribution in [1.82, 2.24) is 5.32 Å². The Morgan fingerprint density at radius 1 is 1.26 bits per heavy atom. The number of amides is 1. The molecule has 0 aromatic carbocycles. The molecule has 0 aromatic rings. The van der Waals surface area contributed by atoms with Crippen molar-refractivity contribution in [3.8, 4) is 0 Å². The highest BCUT2D eigenvalue weighted by Crippen LogP contribution is 2.00. The molecule has 0 aliphatic heterocycles. The number of carboxylic acids is 1. The molecule has 0 spiro atoms. The Kier molecular flexibility index (Phi) is 8.92. The lowest BCUT2D eigenvalue weighted by molar-refractivity contribution is -0.160.